The molecule has 0 radical (unpaired) electrons. The second-order valence-corrected chi connectivity index (χ2v) is 9.13. The monoisotopic (exact) mass is 475 g/mol. The van der Waals surface area contributed by atoms with Crippen LogP contribution >= 0.6 is 11.3 Å². The minimum Gasteiger partial charge on any atom is -0.497 e. The molecule has 0 fully saturated rings. The molecule has 2 heterocycles. The Balaban J connectivity index is 1.87. The Morgan fingerprint density at radius 3 is 2.53 bits per heavy atom. The van der Waals surface area contributed by atoms with Gasteiger partial charge in [-0.2, -0.15) is 0 Å². The lowest BCUT2D eigenvalue weighted by Gasteiger charge is -2.30. The van der Waals surface area contributed by atoms with E-state index in [9.17, 15) is 9.59 Å². The molecule has 0 aliphatic carbocycles. The van der Waals surface area contributed by atoms with Crippen molar-refractivity contribution in [2.75, 3.05) is 13.7 Å². The fraction of sp³-hybridized carbons (Fsp3) is 0.296. The molecule has 0 N–H and O–H groups in total. The quantitative estimate of drug-likeness (QED) is 0.285. The maximum Gasteiger partial charge on any atom is 0.266 e. The van der Waals surface area contributed by atoms with E-state index in [2.05, 4.69) is 6.92 Å². The molecule has 34 heavy (non-hydrogen) atoms. The molecule has 0 saturated heterocycles. The fourth-order valence-corrected chi connectivity index (χ4v) is 4.77. The molecule has 0 saturated carbocycles. The SMILES string of the molecule is CCCCCN(C(=O)c1cccs1)C(C)c1nc2ccccc2c(=O)n1-c1ccc(OC)cc1. The average Bonchev–Trinajstić information content (AvgIpc) is 3.41. The zero-order valence-electron chi connectivity index (χ0n) is 19.7. The van der Waals surface area contributed by atoms with Gasteiger partial charge in [-0.3, -0.25) is 14.2 Å². The molecule has 0 spiro atoms. The van der Waals surface area contributed by atoms with Gasteiger partial charge in [-0.15, -0.1) is 11.3 Å². The number of nitrogens with zero attached hydrogens (tertiary/aromatic N) is 3. The van der Waals surface area contributed by atoms with Crippen LogP contribution < -0.4 is 10.3 Å². The summed E-state index contributed by atoms with van der Waals surface area (Å²) in [4.78, 5) is 34.6. The van der Waals surface area contributed by atoms with Crippen LogP contribution in [-0.2, 0) is 0 Å². The van der Waals surface area contributed by atoms with Crippen LogP contribution in [0.15, 0.2) is 70.8 Å². The molecule has 1 amide bonds. The van der Waals surface area contributed by atoms with Crippen molar-refractivity contribution in [2.24, 2.45) is 0 Å². The number of thiophene rings is 1. The van der Waals surface area contributed by atoms with Crippen molar-refractivity contribution >= 4 is 28.1 Å². The zero-order valence-corrected chi connectivity index (χ0v) is 20.5. The van der Waals surface area contributed by atoms with Crippen LogP contribution in [0.5, 0.6) is 5.75 Å². The van der Waals surface area contributed by atoms with E-state index in [0.29, 0.717) is 39.6 Å². The van der Waals surface area contributed by atoms with Gasteiger partial charge in [0.25, 0.3) is 11.5 Å². The number of amides is 1. The smallest absolute Gasteiger partial charge is 0.266 e. The Hall–Kier alpha value is -3.45. The van der Waals surface area contributed by atoms with E-state index in [1.807, 2.05) is 71.8 Å². The highest BCUT2D eigenvalue weighted by molar-refractivity contribution is 7.12. The number of benzene rings is 2. The van der Waals surface area contributed by atoms with Gasteiger partial charge in [0.05, 0.1) is 34.6 Å². The number of ether oxygens (including phenoxy) is 1. The van der Waals surface area contributed by atoms with Crippen molar-refractivity contribution < 1.29 is 9.53 Å². The van der Waals surface area contributed by atoms with Crippen molar-refractivity contribution in [3.05, 3.63) is 87.1 Å². The number of unbranched alkanes of at least 4 members (excludes halogenated alkanes) is 2. The van der Waals surface area contributed by atoms with Crippen molar-refractivity contribution in [1.82, 2.24) is 14.5 Å². The first-order valence-electron chi connectivity index (χ1n) is 11.6. The minimum atomic E-state index is -0.411. The highest BCUT2D eigenvalue weighted by Gasteiger charge is 2.27. The Morgan fingerprint density at radius 2 is 1.85 bits per heavy atom. The van der Waals surface area contributed by atoms with Crippen molar-refractivity contribution in [3.8, 4) is 11.4 Å². The third-order valence-electron chi connectivity index (χ3n) is 5.97. The number of carbonyl (C=O) groups is 1. The summed E-state index contributed by atoms with van der Waals surface area (Å²) in [6.07, 6.45) is 2.97. The fourth-order valence-electron chi connectivity index (χ4n) is 4.10. The van der Waals surface area contributed by atoms with Crippen LogP contribution in [0, 0.1) is 0 Å². The summed E-state index contributed by atoms with van der Waals surface area (Å²) in [5, 5.41) is 2.44. The second kappa shape index (κ2) is 10.7. The van der Waals surface area contributed by atoms with Crippen molar-refractivity contribution in [2.45, 2.75) is 39.2 Å². The predicted octanol–water partition coefficient (Wildman–Crippen LogP) is 5.85. The van der Waals surface area contributed by atoms with Crippen LogP contribution in [0.1, 0.15) is 54.6 Å². The highest BCUT2D eigenvalue weighted by Crippen LogP contribution is 2.26. The van der Waals surface area contributed by atoms with Crippen molar-refractivity contribution in [1.29, 1.82) is 0 Å². The van der Waals surface area contributed by atoms with E-state index < -0.39 is 6.04 Å². The molecule has 6 nitrogen and oxygen atoms in total. The number of hydrogen-bond donors (Lipinski definition) is 0. The summed E-state index contributed by atoms with van der Waals surface area (Å²) in [7, 11) is 1.61. The predicted molar refractivity (Wildman–Crippen MR) is 137 cm³/mol. The molecule has 1 atom stereocenters. The van der Waals surface area contributed by atoms with Gasteiger partial charge in [-0.05, 0) is 61.2 Å². The van der Waals surface area contributed by atoms with E-state index in [1.54, 1.807) is 17.7 Å². The van der Waals surface area contributed by atoms with E-state index >= 15 is 0 Å². The molecule has 4 rings (SSSR count). The number of para-hydroxylation sites is 1. The summed E-state index contributed by atoms with van der Waals surface area (Å²) in [6, 6.07) is 18.0. The molecule has 7 heteroatoms. The third-order valence-corrected chi connectivity index (χ3v) is 6.83. The van der Waals surface area contributed by atoms with Gasteiger partial charge in [0.1, 0.15) is 11.6 Å². The first-order chi connectivity index (χ1) is 16.5. The summed E-state index contributed by atoms with van der Waals surface area (Å²) in [5.41, 5.74) is 1.15. The lowest BCUT2D eigenvalue weighted by molar-refractivity contribution is 0.0682. The van der Waals surface area contributed by atoms with Gasteiger partial charge in [0, 0.05) is 6.54 Å². The van der Waals surface area contributed by atoms with Gasteiger partial charge in [0.15, 0.2) is 0 Å². The number of fused-ring (bicyclic) bond motifs is 1. The van der Waals surface area contributed by atoms with Crippen LogP contribution in [0.2, 0.25) is 0 Å². The standard InChI is InChI=1S/C27H29N3O3S/c1-4-5-8-17-29(27(32)24-12-9-18-34-24)19(2)25-28-23-11-7-6-10-22(23)26(31)30(25)20-13-15-21(33-3)16-14-20/h6-7,9-16,18-19H,4-5,8,17H2,1-3H3. The highest BCUT2D eigenvalue weighted by atomic mass is 32.1. The maximum atomic E-state index is 13.7. The largest absolute Gasteiger partial charge is 0.497 e. The first kappa shape index (κ1) is 23.7. The topological polar surface area (TPSA) is 64.4 Å². The first-order valence-corrected chi connectivity index (χ1v) is 12.4. The van der Waals surface area contributed by atoms with Gasteiger partial charge >= 0.3 is 0 Å². The zero-order chi connectivity index (χ0) is 24.1. The normalized spacial score (nSPS) is 12.0. The molecular formula is C27H29N3O3S. The molecule has 0 aliphatic heterocycles. The van der Waals surface area contributed by atoms with E-state index in [4.69, 9.17) is 9.72 Å². The van der Waals surface area contributed by atoms with Crippen LogP contribution in [-0.4, -0.2) is 34.0 Å². The second-order valence-electron chi connectivity index (χ2n) is 8.18. The lowest BCUT2D eigenvalue weighted by atomic mass is 10.1. The van der Waals surface area contributed by atoms with E-state index in [1.165, 1.54) is 11.3 Å². The van der Waals surface area contributed by atoms with Crippen LogP contribution in [0.4, 0.5) is 0 Å². The molecule has 2 aromatic heterocycles. The summed E-state index contributed by atoms with van der Waals surface area (Å²) in [6.45, 7) is 4.69. The summed E-state index contributed by atoms with van der Waals surface area (Å²) < 4.78 is 6.92. The van der Waals surface area contributed by atoms with E-state index in [-0.39, 0.29) is 11.5 Å². The Kier molecular flexibility index (Phi) is 7.43. The molecule has 176 valence electrons. The summed E-state index contributed by atoms with van der Waals surface area (Å²) >= 11 is 1.43. The van der Waals surface area contributed by atoms with Gasteiger partial charge in [0.2, 0.25) is 0 Å². The molecule has 0 aliphatic rings. The van der Waals surface area contributed by atoms with Gasteiger partial charge < -0.3 is 9.64 Å². The summed E-state index contributed by atoms with van der Waals surface area (Å²) in [5.74, 6) is 1.20. The third kappa shape index (κ3) is 4.75. The molecule has 1 unspecified atom stereocenters. The number of aromatic nitrogens is 2. The average molecular weight is 476 g/mol. The molecular weight excluding hydrogens is 446 g/mol. The number of methoxy groups -OCH3 is 1. The van der Waals surface area contributed by atoms with Crippen LogP contribution in [0.3, 0.4) is 0 Å². The number of carbonyl (C=O) groups excluding carboxylic acids is 1. The van der Waals surface area contributed by atoms with E-state index in [0.717, 1.165) is 19.3 Å². The van der Waals surface area contributed by atoms with Gasteiger partial charge in [-0.25, -0.2) is 4.98 Å². The minimum absolute atomic E-state index is 0.0395. The number of rotatable bonds is 9. The number of hydrogen-bond acceptors (Lipinski definition) is 5. The molecule has 4 aromatic rings. The van der Waals surface area contributed by atoms with Gasteiger partial charge in [-0.1, -0.05) is 38.0 Å². The van der Waals surface area contributed by atoms with Crippen molar-refractivity contribution in [3.63, 3.8) is 0 Å². The Morgan fingerprint density at radius 1 is 1.09 bits per heavy atom. The molecule has 0 bridgehead atoms. The van der Waals surface area contributed by atoms with Crippen LogP contribution in [0.25, 0.3) is 16.6 Å². The maximum absolute atomic E-state index is 13.7. The lowest BCUT2D eigenvalue weighted by Crippen LogP contribution is -2.37. The Labute approximate surface area is 203 Å². The Bertz CT molecular complexity index is 1310. The molecule has 2 aromatic carbocycles.